The third-order valence-electron chi connectivity index (χ3n) is 6.41. The quantitative estimate of drug-likeness (QED) is 0.794. The summed E-state index contributed by atoms with van der Waals surface area (Å²) < 4.78 is 10.8. The maximum Gasteiger partial charge on any atom is 0.257 e. The van der Waals surface area contributed by atoms with Gasteiger partial charge < -0.3 is 14.1 Å². The molecule has 138 valence electrons. The Kier molecular flexibility index (Phi) is 4.87. The average molecular weight is 346 g/mol. The summed E-state index contributed by atoms with van der Waals surface area (Å²) >= 11 is 0. The first-order chi connectivity index (χ1) is 12.2. The van der Waals surface area contributed by atoms with E-state index in [9.17, 15) is 4.79 Å². The van der Waals surface area contributed by atoms with Gasteiger partial charge in [0.05, 0.1) is 18.4 Å². The molecule has 1 spiro atoms. The van der Waals surface area contributed by atoms with Crippen LogP contribution in [0.5, 0.6) is 0 Å². The number of nitrogens with zero attached hydrogens (tertiary/aromatic N) is 2. The van der Waals surface area contributed by atoms with Crippen LogP contribution in [-0.4, -0.2) is 60.1 Å². The minimum Gasteiger partial charge on any atom is -0.472 e. The van der Waals surface area contributed by atoms with Gasteiger partial charge in [-0.25, -0.2) is 0 Å². The molecule has 3 aliphatic rings. The molecule has 0 bridgehead atoms. The van der Waals surface area contributed by atoms with Gasteiger partial charge in [-0.15, -0.1) is 0 Å². The minimum atomic E-state index is 0.112. The molecule has 4 rings (SSSR count). The summed E-state index contributed by atoms with van der Waals surface area (Å²) in [6, 6.07) is 2.33. The highest BCUT2D eigenvalue weighted by Gasteiger charge is 2.49. The van der Waals surface area contributed by atoms with Crippen molar-refractivity contribution in [3.63, 3.8) is 0 Å². The summed E-state index contributed by atoms with van der Waals surface area (Å²) in [5, 5.41) is 0. The molecule has 0 unspecified atom stereocenters. The van der Waals surface area contributed by atoms with Gasteiger partial charge in [0.2, 0.25) is 0 Å². The molecule has 5 nitrogen and oxygen atoms in total. The second-order valence-corrected chi connectivity index (χ2v) is 7.98. The van der Waals surface area contributed by atoms with Gasteiger partial charge in [-0.05, 0) is 57.4 Å². The van der Waals surface area contributed by atoms with Crippen LogP contribution in [0.2, 0.25) is 0 Å². The van der Waals surface area contributed by atoms with Gasteiger partial charge in [-0.1, -0.05) is 0 Å². The SMILES string of the molecule is CCOC[C@@H]1CCC2(CCN(C(=O)c3ccoc3)CC2)N1CC1CC1. The Bertz CT molecular complexity index is 574. The van der Waals surface area contributed by atoms with Crippen LogP contribution in [0.3, 0.4) is 0 Å². The van der Waals surface area contributed by atoms with Crippen LogP contribution in [0.4, 0.5) is 0 Å². The summed E-state index contributed by atoms with van der Waals surface area (Å²) in [6.45, 7) is 6.68. The number of likely N-dealkylation sites (tertiary alicyclic amines) is 2. The maximum absolute atomic E-state index is 12.6. The van der Waals surface area contributed by atoms with Gasteiger partial charge >= 0.3 is 0 Å². The van der Waals surface area contributed by atoms with Crippen molar-refractivity contribution in [1.29, 1.82) is 0 Å². The zero-order chi connectivity index (χ0) is 17.3. The third-order valence-corrected chi connectivity index (χ3v) is 6.41. The predicted molar refractivity (Wildman–Crippen MR) is 95.5 cm³/mol. The van der Waals surface area contributed by atoms with Crippen molar-refractivity contribution >= 4 is 5.91 Å². The number of carbonyl (C=O) groups excluding carboxylic acids is 1. The summed E-state index contributed by atoms with van der Waals surface area (Å²) in [5.41, 5.74) is 0.962. The number of furan rings is 1. The van der Waals surface area contributed by atoms with E-state index in [1.807, 2.05) is 4.90 Å². The monoisotopic (exact) mass is 346 g/mol. The van der Waals surface area contributed by atoms with Crippen molar-refractivity contribution < 1.29 is 13.9 Å². The van der Waals surface area contributed by atoms with Crippen LogP contribution in [0.25, 0.3) is 0 Å². The standard InChI is InChI=1S/C20H30N2O3/c1-2-24-15-18-5-7-20(22(18)13-16-3-4-16)8-10-21(11-9-20)19(23)17-6-12-25-14-17/h6,12,14,16,18H,2-5,7-11,13,15H2,1H3/t18-/m0/s1. The summed E-state index contributed by atoms with van der Waals surface area (Å²) in [5.74, 6) is 1.01. The number of amides is 1. The Labute approximate surface area is 150 Å². The lowest BCUT2D eigenvalue weighted by molar-refractivity contribution is 0.00309. The number of ether oxygens (including phenoxy) is 1. The van der Waals surface area contributed by atoms with E-state index >= 15 is 0 Å². The van der Waals surface area contributed by atoms with E-state index in [0.29, 0.717) is 11.6 Å². The van der Waals surface area contributed by atoms with Crippen molar-refractivity contribution in [1.82, 2.24) is 9.80 Å². The molecule has 1 aromatic rings. The third kappa shape index (κ3) is 3.49. The Morgan fingerprint density at radius 2 is 2.08 bits per heavy atom. The van der Waals surface area contributed by atoms with Crippen LogP contribution in [-0.2, 0) is 4.74 Å². The van der Waals surface area contributed by atoms with Gasteiger partial charge in [-0.3, -0.25) is 9.69 Å². The molecule has 1 aromatic heterocycles. The van der Waals surface area contributed by atoms with Crippen molar-refractivity contribution in [2.45, 2.75) is 57.0 Å². The lowest BCUT2D eigenvalue weighted by atomic mass is 9.84. The second kappa shape index (κ2) is 7.12. The van der Waals surface area contributed by atoms with Crippen molar-refractivity contribution in [3.05, 3.63) is 24.2 Å². The van der Waals surface area contributed by atoms with E-state index in [2.05, 4.69) is 11.8 Å². The fourth-order valence-electron chi connectivity index (χ4n) is 4.70. The number of hydrogen-bond acceptors (Lipinski definition) is 4. The first-order valence-electron chi connectivity index (χ1n) is 9.88. The molecule has 25 heavy (non-hydrogen) atoms. The maximum atomic E-state index is 12.6. The van der Waals surface area contributed by atoms with Crippen LogP contribution in [0.1, 0.15) is 55.8 Å². The molecular formula is C20H30N2O3. The predicted octanol–water partition coefficient (Wildman–Crippen LogP) is 3.17. The van der Waals surface area contributed by atoms with Gasteiger partial charge in [0.25, 0.3) is 5.91 Å². The molecule has 0 radical (unpaired) electrons. The van der Waals surface area contributed by atoms with Crippen molar-refractivity contribution in [2.75, 3.05) is 32.8 Å². The van der Waals surface area contributed by atoms with Gasteiger partial charge in [-0.2, -0.15) is 0 Å². The normalized spacial score (nSPS) is 26.4. The zero-order valence-corrected chi connectivity index (χ0v) is 15.3. The van der Waals surface area contributed by atoms with Gasteiger partial charge in [0, 0.05) is 37.8 Å². The van der Waals surface area contributed by atoms with E-state index in [4.69, 9.17) is 9.15 Å². The summed E-state index contributed by atoms with van der Waals surface area (Å²) in [6.07, 6.45) is 10.6. The zero-order valence-electron chi connectivity index (χ0n) is 15.3. The molecule has 1 amide bonds. The molecule has 2 saturated heterocycles. The molecule has 2 aliphatic heterocycles. The molecule has 3 heterocycles. The Balaban J connectivity index is 1.41. The Hall–Kier alpha value is -1.33. The smallest absolute Gasteiger partial charge is 0.257 e. The first kappa shape index (κ1) is 17.1. The van der Waals surface area contributed by atoms with Crippen molar-refractivity contribution in [3.8, 4) is 0 Å². The van der Waals surface area contributed by atoms with E-state index in [0.717, 1.165) is 45.1 Å². The number of carbonyl (C=O) groups is 1. The molecule has 5 heteroatoms. The molecule has 1 atom stereocenters. The molecular weight excluding hydrogens is 316 g/mol. The van der Waals surface area contributed by atoms with E-state index < -0.39 is 0 Å². The lowest BCUT2D eigenvalue weighted by Gasteiger charge is -2.46. The highest BCUT2D eigenvalue weighted by atomic mass is 16.5. The Morgan fingerprint density at radius 3 is 2.72 bits per heavy atom. The van der Waals surface area contributed by atoms with Gasteiger partial charge in [0.1, 0.15) is 6.26 Å². The molecule has 0 N–H and O–H groups in total. The number of rotatable bonds is 6. The molecule has 3 fully saturated rings. The van der Waals surface area contributed by atoms with Crippen molar-refractivity contribution in [2.24, 2.45) is 5.92 Å². The topological polar surface area (TPSA) is 45.9 Å². The number of piperidine rings is 1. The van der Waals surface area contributed by atoms with Crippen LogP contribution < -0.4 is 0 Å². The lowest BCUT2D eigenvalue weighted by Crippen LogP contribution is -2.56. The average Bonchev–Trinajstić information content (AvgIpc) is 3.17. The Morgan fingerprint density at radius 1 is 1.28 bits per heavy atom. The highest BCUT2D eigenvalue weighted by Crippen LogP contribution is 2.44. The van der Waals surface area contributed by atoms with Crippen LogP contribution in [0.15, 0.2) is 23.0 Å². The minimum absolute atomic E-state index is 0.112. The molecule has 1 aliphatic carbocycles. The van der Waals surface area contributed by atoms with E-state index in [1.165, 1.54) is 32.2 Å². The largest absolute Gasteiger partial charge is 0.472 e. The van der Waals surface area contributed by atoms with E-state index in [-0.39, 0.29) is 11.4 Å². The first-order valence-corrected chi connectivity index (χ1v) is 9.88. The highest BCUT2D eigenvalue weighted by molar-refractivity contribution is 5.93. The molecule has 0 aromatic carbocycles. The fourth-order valence-corrected chi connectivity index (χ4v) is 4.70. The number of hydrogen-bond donors (Lipinski definition) is 0. The fraction of sp³-hybridized carbons (Fsp3) is 0.750. The van der Waals surface area contributed by atoms with Gasteiger partial charge in [0.15, 0.2) is 0 Å². The van der Waals surface area contributed by atoms with Crippen LogP contribution in [0, 0.1) is 5.92 Å². The summed E-state index contributed by atoms with van der Waals surface area (Å²) in [4.78, 5) is 17.4. The van der Waals surface area contributed by atoms with Crippen LogP contribution >= 0.6 is 0 Å². The summed E-state index contributed by atoms with van der Waals surface area (Å²) in [7, 11) is 0. The second-order valence-electron chi connectivity index (χ2n) is 7.98. The molecule has 1 saturated carbocycles. The van der Waals surface area contributed by atoms with E-state index in [1.54, 1.807) is 18.6 Å².